The number of carbonyl (C=O) groups is 2. The summed E-state index contributed by atoms with van der Waals surface area (Å²) in [5, 5.41) is 30.8. The fourth-order valence-electron chi connectivity index (χ4n) is 6.68. The van der Waals surface area contributed by atoms with E-state index in [4.69, 9.17) is 9.31 Å². The van der Waals surface area contributed by atoms with Crippen molar-refractivity contribution in [3.05, 3.63) is 100 Å². The van der Waals surface area contributed by atoms with E-state index in [0.29, 0.717) is 11.1 Å². The molecule has 2 atom stereocenters. The minimum absolute atomic E-state index is 0.0938. The molecule has 0 bridgehead atoms. The van der Waals surface area contributed by atoms with Gasteiger partial charge in [0.2, 0.25) is 0 Å². The van der Waals surface area contributed by atoms with Crippen LogP contribution >= 0.6 is 15.9 Å². The summed E-state index contributed by atoms with van der Waals surface area (Å²) in [4.78, 5) is 24.7. The number of nitrogens with one attached hydrogen (secondary N) is 2. The first kappa shape index (κ1) is 38.8. The Morgan fingerprint density at radius 1 is 0.696 bits per heavy atom. The number of benzene rings is 2. The number of aromatic nitrogens is 10. The molecule has 290 valence electrons. The normalized spacial score (nSPS) is 18.7. The Balaban J connectivity index is 0.000000132. The van der Waals surface area contributed by atoms with E-state index < -0.39 is 0 Å². The summed E-state index contributed by atoms with van der Waals surface area (Å²) in [5.74, 6) is 2.83. The van der Waals surface area contributed by atoms with Gasteiger partial charge in [-0.3, -0.25) is 28.1 Å². The first-order valence-electron chi connectivity index (χ1n) is 18.2. The van der Waals surface area contributed by atoms with Crippen molar-refractivity contribution in [2.75, 3.05) is 0 Å². The topological polar surface area (TPSA) is 174 Å². The van der Waals surface area contributed by atoms with Gasteiger partial charge in [-0.15, -0.1) is 20.4 Å². The molecule has 0 saturated carbocycles. The Labute approximate surface area is 333 Å². The first-order valence-corrected chi connectivity index (χ1v) is 19.0. The second kappa shape index (κ2) is 14.6. The summed E-state index contributed by atoms with van der Waals surface area (Å²) >= 11 is 3.39. The van der Waals surface area contributed by atoms with Crippen molar-refractivity contribution in [3.8, 4) is 22.5 Å². The van der Waals surface area contributed by atoms with Crippen LogP contribution in [0.3, 0.4) is 0 Å². The van der Waals surface area contributed by atoms with E-state index in [9.17, 15) is 9.59 Å². The Bertz CT molecular complexity index is 2450. The van der Waals surface area contributed by atoms with Crippen LogP contribution in [0.1, 0.15) is 97.6 Å². The highest BCUT2D eigenvalue weighted by Gasteiger charge is 2.52. The minimum atomic E-state index is -0.302. The molecule has 3 aliphatic heterocycles. The maximum Gasteiger partial charge on any atom is 0.498 e. The highest BCUT2D eigenvalue weighted by Crippen LogP contribution is 2.36. The molecule has 16 nitrogen and oxygen atoms in total. The van der Waals surface area contributed by atoms with Crippen LogP contribution in [-0.4, -0.2) is 79.2 Å². The molecule has 2 amide bonds. The average molecular weight is 824 g/mol. The third-order valence-electron chi connectivity index (χ3n) is 10.4. The second-order valence-corrected chi connectivity index (χ2v) is 16.0. The Morgan fingerprint density at radius 3 is 1.70 bits per heavy atom. The Morgan fingerprint density at radius 2 is 1.20 bits per heavy atom. The van der Waals surface area contributed by atoms with Crippen molar-refractivity contribution in [1.29, 1.82) is 0 Å². The first-order chi connectivity index (χ1) is 26.4. The largest absolute Gasteiger partial charge is 0.498 e. The minimum Gasteiger partial charge on any atom is -0.399 e. The molecule has 4 aromatic heterocycles. The maximum absolute atomic E-state index is 12.6. The van der Waals surface area contributed by atoms with Crippen molar-refractivity contribution in [3.63, 3.8) is 0 Å². The van der Waals surface area contributed by atoms with E-state index in [0.717, 1.165) is 55.7 Å². The standard InChI is InChI=1S/C16H16N6O.C12H11BrN4O.C10H17BN2O2/c1-9-15-20-19-10(2)22(15)14-5-4-11(6-13(14)16(23)18-9)12-7-17-21(3)8-12;1-6-11-16-15-7(2)17(11)10-4-3-8(13)5-9(10)12(18)14-6;1-9(2)10(3,4)15-11(14-9)8-6-12-13(5)7-8/h4-9H,1-3H3,(H,18,23);3-6H,1-2H3,(H,14,18);6-7H,1-5H3/t9-;6-;/m00./s1. The maximum atomic E-state index is 12.6. The lowest BCUT2D eigenvalue weighted by atomic mass is 9.82. The van der Waals surface area contributed by atoms with Crippen molar-refractivity contribution in [2.45, 2.75) is 78.7 Å². The Hall–Kier alpha value is -5.46. The summed E-state index contributed by atoms with van der Waals surface area (Å²) in [5.41, 5.74) is 5.18. The van der Waals surface area contributed by atoms with Crippen molar-refractivity contribution in [2.24, 2.45) is 14.1 Å². The number of nitrogens with zero attached hydrogens (tertiary/aromatic N) is 10. The van der Waals surface area contributed by atoms with Crippen molar-refractivity contribution >= 4 is 40.3 Å². The Kier molecular flexibility index (Phi) is 10.1. The average Bonchev–Trinajstić information content (AvgIpc) is 3.95. The van der Waals surface area contributed by atoms with Gasteiger partial charge in [-0.05, 0) is 91.3 Å². The third kappa shape index (κ3) is 7.19. The smallest absolute Gasteiger partial charge is 0.399 e. The van der Waals surface area contributed by atoms with Gasteiger partial charge in [0, 0.05) is 48.2 Å². The molecule has 2 aromatic carbocycles. The summed E-state index contributed by atoms with van der Waals surface area (Å²) < 4.78 is 20.0. The van der Waals surface area contributed by atoms with Crippen LogP contribution in [0.25, 0.3) is 22.5 Å². The van der Waals surface area contributed by atoms with Gasteiger partial charge in [0.25, 0.3) is 11.8 Å². The van der Waals surface area contributed by atoms with Crippen LogP contribution < -0.4 is 16.1 Å². The van der Waals surface area contributed by atoms with Crippen LogP contribution in [0.5, 0.6) is 0 Å². The third-order valence-corrected chi connectivity index (χ3v) is 10.9. The van der Waals surface area contributed by atoms with Gasteiger partial charge in [0.1, 0.15) is 11.6 Å². The predicted octanol–water partition coefficient (Wildman–Crippen LogP) is 4.64. The van der Waals surface area contributed by atoms with Gasteiger partial charge in [-0.1, -0.05) is 22.0 Å². The number of halogens is 1. The van der Waals surface area contributed by atoms with Crippen LogP contribution in [0, 0.1) is 13.8 Å². The van der Waals surface area contributed by atoms with E-state index >= 15 is 0 Å². The van der Waals surface area contributed by atoms with Gasteiger partial charge in [0.15, 0.2) is 11.6 Å². The molecule has 0 radical (unpaired) electrons. The molecule has 7 heterocycles. The number of hydrogen-bond donors (Lipinski definition) is 2. The van der Waals surface area contributed by atoms with Gasteiger partial charge in [-0.2, -0.15) is 10.2 Å². The molecule has 6 aromatic rings. The van der Waals surface area contributed by atoms with Gasteiger partial charge >= 0.3 is 7.12 Å². The molecule has 1 fully saturated rings. The van der Waals surface area contributed by atoms with Gasteiger partial charge in [0.05, 0.1) is 52.0 Å². The molecule has 2 N–H and O–H groups in total. The zero-order valence-electron chi connectivity index (χ0n) is 33.0. The van der Waals surface area contributed by atoms with E-state index in [2.05, 4.69) is 57.2 Å². The molecule has 56 heavy (non-hydrogen) atoms. The lowest BCUT2D eigenvalue weighted by molar-refractivity contribution is 0.00578. The molecule has 18 heteroatoms. The monoisotopic (exact) mass is 822 g/mol. The highest BCUT2D eigenvalue weighted by molar-refractivity contribution is 9.10. The number of amides is 2. The molecule has 9 rings (SSSR count). The van der Waals surface area contributed by atoms with Crippen LogP contribution in [-0.2, 0) is 23.4 Å². The zero-order chi connectivity index (χ0) is 40.3. The van der Waals surface area contributed by atoms with Crippen LogP contribution in [0.4, 0.5) is 0 Å². The molecule has 3 aliphatic rings. The van der Waals surface area contributed by atoms with Gasteiger partial charge < -0.3 is 19.9 Å². The van der Waals surface area contributed by atoms with Crippen LogP contribution in [0.15, 0.2) is 65.7 Å². The molecule has 0 spiro atoms. The van der Waals surface area contributed by atoms with E-state index in [1.807, 2.05) is 127 Å². The summed E-state index contributed by atoms with van der Waals surface area (Å²) in [6, 6.07) is 11.1. The number of fused-ring (bicyclic) bond motifs is 6. The number of carbonyl (C=O) groups excluding carboxylic acids is 2. The molecular formula is C38H44BBrN12O4. The summed E-state index contributed by atoms with van der Waals surface area (Å²) in [7, 11) is 3.45. The zero-order valence-corrected chi connectivity index (χ0v) is 34.6. The lowest BCUT2D eigenvalue weighted by Gasteiger charge is -2.32. The molecule has 1 saturated heterocycles. The fraction of sp³-hybridized carbons (Fsp3) is 0.368. The second-order valence-electron chi connectivity index (χ2n) is 15.1. The molecule has 0 aliphatic carbocycles. The fourth-order valence-corrected chi connectivity index (χ4v) is 7.04. The number of hydrogen-bond acceptors (Lipinski definition) is 10. The molecular weight excluding hydrogens is 779 g/mol. The van der Waals surface area contributed by atoms with Crippen molar-refractivity contribution in [1.82, 2.24) is 59.7 Å². The summed E-state index contributed by atoms with van der Waals surface area (Å²) in [6.45, 7) is 15.8. The summed E-state index contributed by atoms with van der Waals surface area (Å²) in [6.07, 6.45) is 7.41. The van der Waals surface area contributed by atoms with E-state index in [1.165, 1.54) is 0 Å². The SMILES string of the molecule is Cc1nnc2n1-c1ccc(-c3cnn(C)c3)cc1C(=O)N[C@H]2C.Cc1nnc2n1-c1ccc(Br)cc1C(=O)N[C@H]2C.Cn1cc(B2OC(C)(C)C(C)(C)O2)cn1. The molecule has 0 unspecified atom stereocenters. The predicted molar refractivity (Wildman–Crippen MR) is 213 cm³/mol. The van der Waals surface area contributed by atoms with Crippen LogP contribution in [0.2, 0.25) is 0 Å². The van der Waals surface area contributed by atoms with E-state index in [1.54, 1.807) is 21.8 Å². The quantitative estimate of drug-likeness (QED) is 0.234. The highest BCUT2D eigenvalue weighted by atomic mass is 79.9. The number of rotatable bonds is 2. The van der Waals surface area contributed by atoms with Gasteiger partial charge in [-0.25, -0.2) is 0 Å². The van der Waals surface area contributed by atoms with E-state index in [-0.39, 0.29) is 42.2 Å². The van der Waals surface area contributed by atoms with Crippen molar-refractivity contribution < 1.29 is 18.9 Å². The number of aryl methyl sites for hydroxylation is 4. The lowest BCUT2D eigenvalue weighted by Crippen LogP contribution is -2.41.